The lowest BCUT2D eigenvalue weighted by atomic mass is 9.84. The third kappa shape index (κ3) is 1.51. The van der Waals surface area contributed by atoms with Crippen LogP contribution in [-0.4, -0.2) is 0 Å². The molecule has 0 unspecified atom stereocenters. The molecule has 0 saturated carbocycles. The fraction of sp³-hybridized carbons (Fsp3) is 0.294. The quantitative estimate of drug-likeness (QED) is 0.681. The van der Waals surface area contributed by atoms with E-state index in [1.165, 1.54) is 28.7 Å². The molecule has 0 radical (unpaired) electrons. The summed E-state index contributed by atoms with van der Waals surface area (Å²) in [6.07, 6.45) is 1.23. The molecule has 2 aromatic rings. The Morgan fingerprint density at radius 1 is 0.882 bits per heavy atom. The van der Waals surface area contributed by atoms with Crippen molar-refractivity contribution in [2.24, 2.45) is 5.92 Å². The Hall–Kier alpha value is -1.56. The van der Waals surface area contributed by atoms with Crippen LogP contribution in [0.4, 0.5) is 0 Å². The minimum absolute atomic E-state index is 0.590. The fourth-order valence-corrected chi connectivity index (χ4v) is 3.04. The van der Waals surface area contributed by atoms with Crippen LogP contribution in [0.5, 0.6) is 0 Å². The van der Waals surface area contributed by atoms with Crippen LogP contribution in [0.2, 0.25) is 0 Å². The van der Waals surface area contributed by atoms with Gasteiger partial charge < -0.3 is 0 Å². The second-order valence-corrected chi connectivity index (χ2v) is 5.04. The van der Waals surface area contributed by atoms with Gasteiger partial charge in [0.25, 0.3) is 0 Å². The molecule has 86 valence electrons. The highest BCUT2D eigenvalue weighted by Crippen LogP contribution is 2.48. The van der Waals surface area contributed by atoms with E-state index in [2.05, 4.69) is 62.4 Å². The molecule has 0 heterocycles. The summed E-state index contributed by atoms with van der Waals surface area (Å²) in [5, 5.41) is 0. The second kappa shape index (κ2) is 4.03. The minimum atomic E-state index is 0.590. The van der Waals surface area contributed by atoms with Crippen molar-refractivity contribution in [3.8, 4) is 11.1 Å². The summed E-state index contributed by atoms with van der Waals surface area (Å²) in [5.74, 6) is 1.30. The maximum atomic E-state index is 2.36. The lowest BCUT2D eigenvalue weighted by Gasteiger charge is -2.20. The van der Waals surface area contributed by atoms with Gasteiger partial charge in [-0.05, 0) is 28.2 Å². The highest BCUT2D eigenvalue weighted by molar-refractivity contribution is 5.78. The number of benzene rings is 2. The topological polar surface area (TPSA) is 0 Å². The molecule has 1 aliphatic carbocycles. The molecule has 1 aliphatic rings. The summed E-state index contributed by atoms with van der Waals surface area (Å²) in [6.45, 7) is 4.65. The summed E-state index contributed by atoms with van der Waals surface area (Å²) in [4.78, 5) is 0. The zero-order chi connectivity index (χ0) is 11.8. The Morgan fingerprint density at radius 2 is 1.35 bits per heavy atom. The second-order valence-electron chi connectivity index (χ2n) is 5.04. The summed E-state index contributed by atoms with van der Waals surface area (Å²) in [5.41, 5.74) is 5.91. The van der Waals surface area contributed by atoms with E-state index in [9.17, 15) is 0 Å². The number of hydrogen-bond donors (Lipinski definition) is 0. The normalized spacial score (nSPS) is 15.4. The van der Waals surface area contributed by atoms with Crippen LogP contribution in [0.15, 0.2) is 48.5 Å². The standard InChI is InChI=1S/C17H18/c1-3-12(2)17-15-10-6-4-8-13(15)14-9-5-7-11-16(14)17/h4-12,17H,3H2,1-2H3/t12-/m0/s1. The molecule has 0 amide bonds. The molecule has 0 aromatic heterocycles. The third-order valence-corrected chi connectivity index (χ3v) is 4.09. The van der Waals surface area contributed by atoms with Crippen molar-refractivity contribution in [2.75, 3.05) is 0 Å². The molecule has 3 rings (SSSR count). The molecule has 1 atom stereocenters. The third-order valence-electron chi connectivity index (χ3n) is 4.09. The largest absolute Gasteiger partial charge is 0.0651 e. The van der Waals surface area contributed by atoms with E-state index in [0.29, 0.717) is 11.8 Å². The van der Waals surface area contributed by atoms with Gasteiger partial charge in [-0.2, -0.15) is 0 Å². The van der Waals surface area contributed by atoms with Gasteiger partial charge in [0.2, 0.25) is 0 Å². The Morgan fingerprint density at radius 3 is 1.82 bits per heavy atom. The first kappa shape index (κ1) is 10.6. The van der Waals surface area contributed by atoms with Gasteiger partial charge in [-0.3, -0.25) is 0 Å². The predicted octanol–water partition coefficient (Wildman–Crippen LogP) is 4.85. The number of fused-ring (bicyclic) bond motifs is 3. The van der Waals surface area contributed by atoms with Gasteiger partial charge >= 0.3 is 0 Å². The Kier molecular flexibility index (Phi) is 2.51. The van der Waals surface area contributed by atoms with Crippen molar-refractivity contribution in [3.05, 3.63) is 59.7 Å². The smallest absolute Gasteiger partial charge is 0.0127 e. The summed E-state index contributed by atoms with van der Waals surface area (Å²) >= 11 is 0. The van der Waals surface area contributed by atoms with Gasteiger partial charge in [0.15, 0.2) is 0 Å². The van der Waals surface area contributed by atoms with E-state index in [-0.39, 0.29) is 0 Å². The molecule has 0 bridgehead atoms. The van der Waals surface area contributed by atoms with E-state index in [0.717, 1.165) is 0 Å². The Bertz CT molecular complexity index is 494. The zero-order valence-corrected chi connectivity index (χ0v) is 10.5. The number of hydrogen-bond acceptors (Lipinski definition) is 0. The Labute approximate surface area is 103 Å². The lowest BCUT2D eigenvalue weighted by molar-refractivity contribution is 0.503. The van der Waals surface area contributed by atoms with Crippen LogP contribution in [0, 0.1) is 5.92 Å². The zero-order valence-electron chi connectivity index (χ0n) is 10.5. The molecule has 0 fully saturated rings. The Balaban J connectivity index is 2.23. The van der Waals surface area contributed by atoms with Crippen LogP contribution in [0.25, 0.3) is 11.1 Å². The average Bonchev–Trinajstić information content (AvgIpc) is 2.72. The first-order chi connectivity index (χ1) is 8.33. The maximum Gasteiger partial charge on any atom is 0.0127 e. The van der Waals surface area contributed by atoms with Crippen molar-refractivity contribution in [1.82, 2.24) is 0 Å². The van der Waals surface area contributed by atoms with E-state index in [4.69, 9.17) is 0 Å². The van der Waals surface area contributed by atoms with Crippen molar-refractivity contribution in [1.29, 1.82) is 0 Å². The van der Waals surface area contributed by atoms with Crippen LogP contribution in [-0.2, 0) is 0 Å². The van der Waals surface area contributed by atoms with Crippen molar-refractivity contribution < 1.29 is 0 Å². The van der Waals surface area contributed by atoms with Crippen LogP contribution in [0.3, 0.4) is 0 Å². The highest BCUT2D eigenvalue weighted by atomic mass is 14.3. The van der Waals surface area contributed by atoms with Gasteiger partial charge in [-0.25, -0.2) is 0 Å². The van der Waals surface area contributed by atoms with Crippen LogP contribution < -0.4 is 0 Å². The van der Waals surface area contributed by atoms with Gasteiger partial charge in [-0.15, -0.1) is 0 Å². The summed E-state index contributed by atoms with van der Waals surface area (Å²) in [6, 6.07) is 17.7. The van der Waals surface area contributed by atoms with Crippen molar-refractivity contribution in [3.63, 3.8) is 0 Å². The van der Waals surface area contributed by atoms with Crippen LogP contribution >= 0.6 is 0 Å². The van der Waals surface area contributed by atoms with Crippen molar-refractivity contribution in [2.45, 2.75) is 26.2 Å². The molecular weight excluding hydrogens is 204 g/mol. The van der Waals surface area contributed by atoms with E-state index >= 15 is 0 Å². The highest BCUT2D eigenvalue weighted by Gasteiger charge is 2.30. The van der Waals surface area contributed by atoms with E-state index < -0.39 is 0 Å². The van der Waals surface area contributed by atoms with Crippen LogP contribution in [0.1, 0.15) is 37.3 Å². The molecule has 0 heteroatoms. The molecule has 2 aromatic carbocycles. The van der Waals surface area contributed by atoms with Gasteiger partial charge in [0.1, 0.15) is 0 Å². The molecule has 17 heavy (non-hydrogen) atoms. The van der Waals surface area contributed by atoms with Gasteiger partial charge in [0.05, 0.1) is 0 Å². The first-order valence-electron chi connectivity index (χ1n) is 6.51. The van der Waals surface area contributed by atoms with E-state index in [1.54, 1.807) is 0 Å². The summed E-state index contributed by atoms with van der Waals surface area (Å²) in [7, 11) is 0. The monoisotopic (exact) mass is 222 g/mol. The molecule has 0 saturated heterocycles. The predicted molar refractivity (Wildman–Crippen MR) is 73.2 cm³/mol. The molecule has 0 aliphatic heterocycles. The molecule has 0 N–H and O–H groups in total. The molecule has 0 spiro atoms. The van der Waals surface area contributed by atoms with Gasteiger partial charge in [0, 0.05) is 5.92 Å². The van der Waals surface area contributed by atoms with E-state index in [1.807, 2.05) is 0 Å². The maximum absolute atomic E-state index is 2.36. The first-order valence-corrected chi connectivity index (χ1v) is 6.51. The average molecular weight is 222 g/mol. The number of rotatable bonds is 2. The van der Waals surface area contributed by atoms with Crippen molar-refractivity contribution >= 4 is 0 Å². The molecular formula is C17H18. The molecule has 0 nitrogen and oxygen atoms in total. The van der Waals surface area contributed by atoms with Gasteiger partial charge in [-0.1, -0.05) is 68.8 Å². The minimum Gasteiger partial charge on any atom is -0.0651 e. The summed E-state index contributed by atoms with van der Waals surface area (Å²) < 4.78 is 0. The SMILES string of the molecule is CC[C@H](C)C1c2ccccc2-c2ccccc21. The fourth-order valence-electron chi connectivity index (χ4n) is 3.04. The lowest BCUT2D eigenvalue weighted by Crippen LogP contribution is -2.07.